The van der Waals surface area contributed by atoms with E-state index in [1.807, 2.05) is 24.8 Å². The minimum atomic E-state index is -0.290. The number of aryl methyl sites for hydroxylation is 2. The number of carbonyl (C=O) groups excluding carboxylic acids is 1. The molecule has 0 saturated carbocycles. The van der Waals surface area contributed by atoms with Crippen molar-refractivity contribution in [2.75, 3.05) is 36.5 Å². The zero-order valence-electron chi connectivity index (χ0n) is 13.2. The monoisotopic (exact) mass is 313 g/mol. The molecule has 1 fully saturated rings. The lowest BCUT2D eigenvalue weighted by Crippen LogP contribution is -2.37. The molecule has 0 radical (unpaired) electrons. The number of nitrogens with zero attached hydrogens (tertiary/aromatic N) is 4. The van der Waals surface area contributed by atoms with Crippen molar-refractivity contribution in [2.24, 2.45) is 0 Å². The van der Waals surface area contributed by atoms with E-state index in [4.69, 9.17) is 4.74 Å². The van der Waals surface area contributed by atoms with Crippen LogP contribution in [0.15, 0.2) is 24.4 Å². The number of amides is 1. The number of carbonyl (C=O) groups is 1. The maximum absolute atomic E-state index is 12.4. The molecule has 0 bridgehead atoms. The molecule has 2 aromatic heterocycles. The quantitative estimate of drug-likeness (QED) is 0.926. The molecule has 0 unspecified atom stereocenters. The van der Waals surface area contributed by atoms with Crippen molar-refractivity contribution in [1.82, 2.24) is 15.0 Å². The Hall–Kier alpha value is -2.54. The van der Waals surface area contributed by atoms with Gasteiger partial charge in [-0.25, -0.2) is 15.0 Å². The third kappa shape index (κ3) is 3.81. The van der Waals surface area contributed by atoms with Crippen LogP contribution in [0.5, 0.6) is 0 Å². The molecular formula is C16H19N5O2. The van der Waals surface area contributed by atoms with Crippen LogP contribution in [0.3, 0.4) is 0 Å². The molecule has 1 aliphatic rings. The maximum atomic E-state index is 12.4. The maximum Gasteiger partial charge on any atom is 0.275 e. The highest BCUT2D eigenvalue weighted by Gasteiger charge is 2.17. The Kier molecular flexibility index (Phi) is 4.47. The molecule has 0 aromatic carbocycles. The van der Waals surface area contributed by atoms with Gasteiger partial charge in [0.25, 0.3) is 5.91 Å². The van der Waals surface area contributed by atoms with Crippen LogP contribution in [0.25, 0.3) is 0 Å². The first-order valence-corrected chi connectivity index (χ1v) is 7.54. The van der Waals surface area contributed by atoms with Gasteiger partial charge in [0, 0.05) is 25.0 Å². The molecule has 0 spiro atoms. The van der Waals surface area contributed by atoms with Crippen molar-refractivity contribution in [3.63, 3.8) is 0 Å². The van der Waals surface area contributed by atoms with Gasteiger partial charge in [0.05, 0.1) is 13.2 Å². The van der Waals surface area contributed by atoms with Crippen molar-refractivity contribution >= 4 is 17.7 Å². The first kappa shape index (κ1) is 15.4. The summed E-state index contributed by atoms with van der Waals surface area (Å²) in [5.74, 6) is 0.779. The van der Waals surface area contributed by atoms with E-state index in [1.165, 1.54) is 0 Å². The van der Waals surface area contributed by atoms with Crippen molar-refractivity contribution in [1.29, 1.82) is 0 Å². The number of aromatic nitrogens is 3. The molecule has 1 N–H and O–H groups in total. The number of rotatable bonds is 3. The van der Waals surface area contributed by atoms with Gasteiger partial charge < -0.3 is 15.0 Å². The number of pyridine rings is 1. The zero-order valence-corrected chi connectivity index (χ0v) is 13.2. The Morgan fingerprint density at radius 2 is 2.00 bits per heavy atom. The minimum absolute atomic E-state index is 0.290. The van der Waals surface area contributed by atoms with Crippen LogP contribution in [-0.4, -0.2) is 47.2 Å². The lowest BCUT2D eigenvalue weighted by Gasteiger charge is -2.27. The van der Waals surface area contributed by atoms with E-state index in [-0.39, 0.29) is 5.91 Å². The topological polar surface area (TPSA) is 80.2 Å². The summed E-state index contributed by atoms with van der Waals surface area (Å²) in [4.78, 5) is 27.4. The van der Waals surface area contributed by atoms with Crippen molar-refractivity contribution in [2.45, 2.75) is 13.8 Å². The highest BCUT2D eigenvalue weighted by molar-refractivity contribution is 6.02. The number of hydrogen-bond acceptors (Lipinski definition) is 6. The van der Waals surface area contributed by atoms with Crippen LogP contribution in [-0.2, 0) is 4.74 Å². The second-order valence-corrected chi connectivity index (χ2v) is 5.47. The molecule has 0 atom stereocenters. The Labute approximate surface area is 134 Å². The highest BCUT2D eigenvalue weighted by Crippen LogP contribution is 2.13. The number of hydrogen-bond donors (Lipinski definition) is 1. The summed E-state index contributed by atoms with van der Waals surface area (Å²) in [6.07, 6.45) is 1.71. The SMILES string of the molecule is Cc1ccc(NC(=O)c2cc(C)nc(N3CCOCC3)n2)nc1. The third-order valence-electron chi connectivity index (χ3n) is 3.52. The predicted molar refractivity (Wildman–Crippen MR) is 86.7 cm³/mol. The molecule has 1 saturated heterocycles. The van der Waals surface area contributed by atoms with E-state index in [1.54, 1.807) is 18.3 Å². The zero-order chi connectivity index (χ0) is 16.2. The smallest absolute Gasteiger partial charge is 0.275 e. The van der Waals surface area contributed by atoms with Crippen molar-refractivity contribution in [3.8, 4) is 0 Å². The lowest BCUT2D eigenvalue weighted by molar-refractivity contribution is 0.102. The van der Waals surface area contributed by atoms with Gasteiger partial charge in [0.2, 0.25) is 5.95 Å². The first-order chi connectivity index (χ1) is 11.1. The molecule has 1 amide bonds. The van der Waals surface area contributed by atoms with Gasteiger partial charge >= 0.3 is 0 Å². The predicted octanol–water partition coefficient (Wildman–Crippen LogP) is 1.58. The molecule has 3 heterocycles. The molecule has 23 heavy (non-hydrogen) atoms. The summed E-state index contributed by atoms with van der Waals surface area (Å²) in [5, 5.41) is 2.76. The van der Waals surface area contributed by atoms with Crippen LogP contribution in [0, 0.1) is 13.8 Å². The lowest BCUT2D eigenvalue weighted by atomic mass is 10.3. The average Bonchev–Trinajstić information content (AvgIpc) is 2.57. The molecule has 7 heteroatoms. The highest BCUT2D eigenvalue weighted by atomic mass is 16.5. The van der Waals surface area contributed by atoms with Gasteiger partial charge in [-0.05, 0) is 31.5 Å². The summed E-state index contributed by atoms with van der Waals surface area (Å²) >= 11 is 0. The average molecular weight is 313 g/mol. The Bertz CT molecular complexity index is 696. The Balaban J connectivity index is 1.79. The van der Waals surface area contributed by atoms with Crippen LogP contribution in [0.4, 0.5) is 11.8 Å². The molecule has 1 aliphatic heterocycles. The Morgan fingerprint density at radius 3 is 2.70 bits per heavy atom. The van der Waals surface area contributed by atoms with E-state index in [0.717, 1.165) is 24.3 Å². The second-order valence-electron chi connectivity index (χ2n) is 5.47. The van der Waals surface area contributed by atoms with Gasteiger partial charge in [-0.2, -0.15) is 0 Å². The number of ether oxygens (including phenoxy) is 1. The molecule has 2 aromatic rings. The molecule has 0 aliphatic carbocycles. The fourth-order valence-corrected chi connectivity index (χ4v) is 2.30. The second kappa shape index (κ2) is 6.70. The van der Waals surface area contributed by atoms with Crippen LogP contribution >= 0.6 is 0 Å². The Morgan fingerprint density at radius 1 is 1.22 bits per heavy atom. The third-order valence-corrected chi connectivity index (χ3v) is 3.52. The minimum Gasteiger partial charge on any atom is -0.378 e. The van der Waals surface area contributed by atoms with Crippen molar-refractivity contribution < 1.29 is 9.53 Å². The van der Waals surface area contributed by atoms with E-state index in [0.29, 0.717) is 30.7 Å². The number of nitrogens with one attached hydrogen (secondary N) is 1. The summed E-state index contributed by atoms with van der Waals surface area (Å²) < 4.78 is 5.33. The first-order valence-electron chi connectivity index (χ1n) is 7.54. The van der Waals surface area contributed by atoms with Crippen molar-refractivity contribution in [3.05, 3.63) is 41.3 Å². The molecule has 7 nitrogen and oxygen atoms in total. The van der Waals surface area contributed by atoms with E-state index in [2.05, 4.69) is 20.3 Å². The van der Waals surface area contributed by atoms with Gasteiger partial charge in [-0.15, -0.1) is 0 Å². The van der Waals surface area contributed by atoms with Crippen LogP contribution in [0.1, 0.15) is 21.7 Å². The van der Waals surface area contributed by atoms with Crippen LogP contribution in [0.2, 0.25) is 0 Å². The summed E-state index contributed by atoms with van der Waals surface area (Å²) in [7, 11) is 0. The van der Waals surface area contributed by atoms with Gasteiger partial charge in [-0.3, -0.25) is 4.79 Å². The largest absolute Gasteiger partial charge is 0.378 e. The summed E-state index contributed by atoms with van der Waals surface area (Å²) in [6, 6.07) is 5.34. The molecule has 120 valence electrons. The summed E-state index contributed by atoms with van der Waals surface area (Å²) in [5.41, 5.74) is 2.13. The standard InChI is InChI=1S/C16H19N5O2/c1-11-3-4-14(17-10-11)20-15(22)13-9-12(2)18-16(19-13)21-5-7-23-8-6-21/h3-4,9-10H,5-8H2,1-2H3,(H,17,20,22). The fraction of sp³-hybridized carbons (Fsp3) is 0.375. The van der Waals surface area contributed by atoms with E-state index < -0.39 is 0 Å². The van der Waals surface area contributed by atoms with Gasteiger partial charge in [-0.1, -0.05) is 6.07 Å². The fourth-order valence-electron chi connectivity index (χ4n) is 2.30. The van der Waals surface area contributed by atoms with E-state index in [9.17, 15) is 4.79 Å². The normalized spacial score (nSPS) is 14.6. The van der Waals surface area contributed by atoms with Crippen LogP contribution < -0.4 is 10.2 Å². The van der Waals surface area contributed by atoms with Gasteiger partial charge in [0.1, 0.15) is 11.5 Å². The molecular weight excluding hydrogens is 294 g/mol. The van der Waals surface area contributed by atoms with Gasteiger partial charge in [0.15, 0.2) is 0 Å². The summed E-state index contributed by atoms with van der Waals surface area (Å²) in [6.45, 7) is 6.54. The number of morpholine rings is 1. The number of anilines is 2. The molecule has 3 rings (SSSR count). The van der Waals surface area contributed by atoms with E-state index >= 15 is 0 Å².